The molecule has 1 saturated carbocycles. The van der Waals surface area contributed by atoms with Gasteiger partial charge in [-0.05, 0) is 49.5 Å². The van der Waals surface area contributed by atoms with Crippen molar-refractivity contribution in [3.8, 4) is 0 Å². The van der Waals surface area contributed by atoms with Crippen LogP contribution in [-0.2, 0) is 0 Å². The van der Waals surface area contributed by atoms with Gasteiger partial charge >= 0.3 is 0 Å². The molecule has 1 fully saturated rings. The Balaban J connectivity index is 2.52. The van der Waals surface area contributed by atoms with Crippen molar-refractivity contribution in [2.24, 2.45) is 28.9 Å². The fourth-order valence-electron chi connectivity index (χ4n) is 3.38. The molecular formula is C16H34N2. The van der Waals surface area contributed by atoms with E-state index in [0.29, 0.717) is 17.4 Å². The molecule has 0 amide bonds. The van der Waals surface area contributed by atoms with Crippen LogP contribution in [0.15, 0.2) is 0 Å². The maximum atomic E-state index is 6.34. The average molecular weight is 254 g/mol. The zero-order chi connectivity index (χ0) is 13.9. The summed E-state index contributed by atoms with van der Waals surface area (Å²) in [6.45, 7) is 14.1. The molecule has 0 heterocycles. The maximum absolute atomic E-state index is 6.34. The molecule has 18 heavy (non-hydrogen) atoms. The number of rotatable bonds is 4. The first kappa shape index (κ1) is 16.0. The first-order chi connectivity index (χ1) is 8.20. The zero-order valence-electron chi connectivity index (χ0n) is 13.4. The van der Waals surface area contributed by atoms with Crippen LogP contribution in [0.3, 0.4) is 0 Å². The van der Waals surface area contributed by atoms with Gasteiger partial charge in [-0.15, -0.1) is 0 Å². The molecule has 0 radical (unpaired) electrons. The van der Waals surface area contributed by atoms with Gasteiger partial charge in [-0.2, -0.15) is 0 Å². The molecule has 3 unspecified atom stereocenters. The fraction of sp³-hybridized carbons (Fsp3) is 1.00. The van der Waals surface area contributed by atoms with Crippen LogP contribution in [0.5, 0.6) is 0 Å². The molecule has 2 heteroatoms. The summed E-state index contributed by atoms with van der Waals surface area (Å²) in [6, 6.07) is 0.415. The lowest BCUT2D eigenvalue weighted by molar-refractivity contribution is 0.103. The predicted molar refractivity (Wildman–Crippen MR) is 80.6 cm³/mol. The molecule has 1 aliphatic carbocycles. The van der Waals surface area contributed by atoms with E-state index in [1.54, 1.807) is 0 Å². The van der Waals surface area contributed by atoms with E-state index in [1.807, 2.05) is 0 Å². The van der Waals surface area contributed by atoms with Gasteiger partial charge in [0.1, 0.15) is 0 Å². The Kier molecular flexibility index (Phi) is 5.67. The lowest BCUT2D eigenvalue weighted by atomic mass is 9.67. The van der Waals surface area contributed by atoms with Gasteiger partial charge in [0, 0.05) is 19.1 Å². The monoisotopic (exact) mass is 254 g/mol. The highest BCUT2D eigenvalue weighted by molar-refractivity contribution is 4.88. The quantitative estimate of drug-likeness (QED) is 0.833. The van der Waals surface area contributed by atoms with Gasteiger partial charge in [-0.25, -0.2) is 0 Å². The molecule has 0 aromatic rings. The van der Waals surface area contributed by atoms with Crippen molar-refractivity contribution < 1.29 is 0 Å². The van der Waals surface area contributed by atoms with Crippen LogP contribution in [0.2, 0.25) is 0 Å². The van der Waals surface area contributed by atoms with Gasteiger partial charge in [-0.1, -0.05) is 34.6 Å². The third-order valence-electron chi connectivity index (χ3n) is 4.49. The van der Waals surface area contributed by atoms with E-state index in [-0.39, 0.29) is 0 Å². The Morgan fingerprint density at radius 1 is 1.22 bits per heavy atom. The van der Waals surface area contributed by atoms with Crippen LogP contribution in [0.1, 0.15) is 53.9 Å². The van der Waals surface area contributed by atoms with Gasteiger partial charge in [0.15, 0.2) is 0 Å². The first-order valence-corrected chi connectivity index (χ1v) is 7.64. The summed E-state index contributed by atoms with van der Waals surface area (Å²) in [4.78, 5) is 2.47. The summed E-state index contributed by atoms with van der Waals surface area (Å²) in [5, 5.41) is 0. The first-order valence-electron chi connectivity index (χ1n) is 7.64. The minimum absolute atomic E-state index is 0.415. The van der Waals surface area contributed by atoms with E-state index < -0.39 is 0 Å². The topological polar surface area (TPSA) is 29.3 Å². The molecule has 1 rings (SSSR count). The molecule has 3 atom stereocenters. The predicted octanol–water partition coefficient (Wildman–Crippen LogP) is 3.36. The molecule has 2 nitrogen and oxygen atoms in total. The Morgan fingerprint density at radius 2 is 1.83 bits per heavy atom. The molecule has 0 aromatic heterocycles. The van der Waals surface area contributed by atoms with Crippen molar-refractivity contribution in [3.05, 3.63) is 0 Å². The summed E-state index contributed by atoms with van der Waals surface area (Å²) in [7, 11) is 2.24. The van der Waals surface area contributed by atoms with E-state index in [0.717, 1.165) is 11.8 Å². The number of hydrogen-bond donors (Lipinski definition) is 1. The number of nitrogens with two attached hydrogens (primary N) is 1. The molecule has 0 saturated heterocycles. The standard InChI is InChI=1S/C16H34N2/c1-12(2)10-18(6)11-13-9-14(16(3,4)5)7-8-15(13)17/h12-15H,7-11,17H2,1-6H3. The van der Waals surface area contributed by atoms with Crippen molar-refractivity contribution in [1.29, 1.82) is 0 Å². The van der Waals surface area contributed by atoms with Gasteiger partial charge < -0.3 is 10.6 Å². The molecule has 0 aliphatic heterocycles. The Bertz CT molecular complexity index is 242. The van der Waals surface area contributed by atoms with Crippen molar-refractivity contribution in [3.63, 3.8) is 0 Å². The minimum Gasteiger partial charge on any atom is -0.327 e. The van der Waals surface area contributed by atoms with Gasteiger partial charge in [-0.3, -0.25) is 0 Å². The average Bonchev–Trinajstić information content (AvgIpc) is 2.18. The second kappa shape index (κ2) is 6.38. The van der Waals surface area contributed by atoms with Crippen molar-refractivity contribution in [1.82, 2.24) is 4.90 Å². The number of hydrogen-bond acceptors (Lipinski definition) is 2. The van der Waals surface area contributed by atoms with Crippen LogP contribution in [-0.4, -0.2) is 31.1 Å². The smallest absolute Gasteiger partial charge is 0.00795 e. The van der Waals surface area contributed by atoms with Crippen molar-refractivity contribution in [2.75, 3.05) is 20.1 Å². The summed E-state index contributed by atoms with van der Waals surface area (Å²) >= 11 is 0. The fourth-order valence-corrected chi connectivity index (χ4v) is 3.38. The Morgan fingerprint density at radius 3 is 2.33 bits per heavy atom. The normalized spacial score (nSPS) is 30.2. The molecule has 0 spiro atoms. The summed E-state index contributed by atoms with van der Waals surface area (Å²) in [5.74, 6) is 2.27. The van der Waals surface area contributed by atoms with E-state index >= 15 is 0 Å². The minimum atomic E-state index is 0.415. The summed E-state index contributed by atoms with van der Waals surface area (Å²) < 4.78 is 0. The Labute approximate surface area is 114 Å². The van der Waals surface area contributed by atoms with Crippen LogP contribution in [0, 0.1) is 23.2 Å². The molecule has 1 aliphatic rings. The largest absolute Gasteiger partial charge is 0.327 e. The van der Waals surface area contributed by atoms with Crippen LogP contribution < -0.4 is 5.73 Å². The van der Waals surface area contributed by atoms with Gasteiger partial charge in [0.25, 0.3) is 0 Å². The van der Waals surface area contributed by atoms with Crippen molar-refractivity contribution in [2.45, 2.75) is 59.9 Å². The third kappa shape index (κ3) is 4.89. The number of nitrogens with zero attached hydrogens (tertiary/aromatic N) is 1. The lowest BCUT2D eigenvalue weighted by Crippen LogP contribution is -2.44. The SMILES string of the molecule is CC(C)CN(C)CC1CC(C(C)(C)C)CCC1N. The highest BCUT2D eigenvalue weighted by Crippen LogP contribution is 2.40. The van der Waals surface area contributed by atoms with Crippen LogP contribution >= 0.6 is 0 Å². The van der Waals surface area contributed by atoms with Gasteiger partial charge in [0.2, 0.25) is 0 Å². The van der Waals surface area contributed by atoms with E-state index in [4.69, 9.17) is 5.73 Å². The second-order valence-electron chi connectivity index (χ2n) is 7.91. The van der Waals surface area contributed by atoms with Gasteiger partial charge in [0.05, 0.1) is 0 Å². The van der Waals surface area contributed by atoms with Crippen LogP contribution in [0.25, 0.3) is 0 Å². The molecule has 2 N–H and O–H groups in total. The Hall–Kier alpha value is -0.0800. The van der Waals surface area contributed by atoms with E-state index in [2.05, 4.69) is 46.6 Å². The molecular weight excluding hydrogens is 220 g/mol. The highest BCUT2D eigenvalue weighted by Gasteiger charge is 2.34. The van der Waals surface area contributed by atoms with E-state index in [9.17, 15) is 0 Å². The summed E-state index contributed by atoms with van der Waals surface area (Å²) in [6.07, 6.45) is 3.84. The molecule has 0 aromatic carbocycles. The van der Waals surface area contributed by atoms with E-state index in [1.165, 1.54) is 32.4 Å². The van der Waals surface area contributed by atoms with Crippen molar-refractivity contribution >= 4 is 0 Å². The van der Waals surface area contributed by atoms with Crippen LogP contribution in [0.4, 0.5) is 0 Å². The molecule has 0 bridgehead atoms. The zero-order valence-corrected chi connectivity index (χ0v) is 13.4. The summed E-state index contributed by atoms with van der Waals surface area (Å²) in [5.41, 5.74) is 6.78. The lowest BCUT2D eigenvalue weighted by Gasteiger charge is -2.42. The second-order valence-corrected chi connectivity index (χ2v) is 7.91. The third-order valence-corrected chi connectivity index (χ3v) is 4.49. The maximum Gasteiger partial charge on any atom is 0.00795 e. The highest BCUT2D eigenvalue weighted by atomic mass is 15.1. The molecule has 108 valence electrons.